The highest BCUT2D eigenvalue weighted by molar-refractivity contribution is 8.01. The highest BCUT2D eigenvalue weighted by Gasteiger charge is 2.54. The highest BCUT2D eigenvalue weighted by Crippen LogP contribution is 2.60. The molecule has 2 heteroatoms. The van der Waals surface area contributed by atoms with Gasteiger partial charge in [-0.1, -0.05) is 40.5 Å². The maximum Gasteiger partial charge on any atom is 0.104 e. The second-order valence-corrected chi connectivity index (χ2v) is 7.59. The van der Waals surface area contributed by atoms with Gasteiger partial charge in [-0.05, 0) is 31.1 Å². The summed E-state index contributed by atoms with van der Waals surface area (Å²) in [5.41, 5.74) is 0.501. The Morgan fingerprint density at radius 1 is 1.19 bits per heavy atom. The molecule has 1 aliphatic rings. The lowest BCUT2D eigenvalue weighted by atomic mass is 9.58. The van der Waals surface area contributed by atoms with Gasteiger partial charge in [-0.25, -0.2) is 0 Å². The minimum absolute atomic E-state index is 0.0570. The van der Waals surface area contributed by atoms with E-state index in [4.69, 9.17) is 0 Å². The quantitative estimate of drug-likeness (QED) is 0.666. The Balaban J connectivity index is 2.62. The minimum atomic E-state index is -0.0570. The van der Waals surface area contributed by atoms with Crippen molar-refractivity contribution in [3.8, 4) is 6.07 Å². The Hall–Kier alpha value is -0.160. The molecule has 16 heavy (non-hydrogen) atoms. The molecule has 0 radical (unpaired) electrons. The third kappa shape index (κ3) is 2.94. The smallest absolute Gasteiger partial charge is 0.104 e. The van der Waals surface area contributed by atoms with Crippen LogP contribution in [0, 0.1) is 16.7 Å². The van der Waals surface area contributed by atoms with Crippen LogP contribution in [0.1, 0.15) is 66.2 Å². The summed E-state index contributed by atoms with van der Waals surface area (Å²) in [5.74, 6) is 0. The van der Waals surface area contributed by atoms with Crippen LogP contribution in [-0.4, -0.2) is 10.00 Å². The molecule has 0 saturated heterocycles. The summed E-state index contributed by atoms with van der Waals surface area (Å²) in [7, 11) is 0. The zero-order chi connectivity index (χ0) is 12.2. The monoisotopic (exact) mass is 239 g/mol. The van der Waals surface area contributed by atoms with Gasteiger partial charge in [0.05, 0.1) is 6.07 Å². The van der Waals surface area contributed by atoms with Crippen LogP contribution in [-0.2, 0) is 0 Å². The summed E-state index contributed by atoms with van der Waals surface area (Å²) in [4.78, 5) is 0. The molecule has 1 rings (SSSR count). The van der Waals surface area contributed by atoms with E-state index < -0.39 is 0 Å². The van der Waals surface area contributed by atoms with Gasteiger partial charge in [0, 0.05) is 5.25 Å². The minimum Gasteiger partial charge on any atom is -0.197 e. The van der Waals surface area contributed by atoms with Gasteiger partial charge in [0.2, 0.25) is 0 Å². The lowest BCUT2D eigenvalue weighted by Gasteiger charge is -2.53. The first-order valence-corrected chi connectivity index (χ1v) is 7.48. The van der Waals surface area contributed by atoms with Gasteiger partial charge in [0.1, 0.15) is 4.75 Å². The number of hydrogen-bond acceptors (Lipinski definition) is 2. The molecule has 0 aromatic heterocycles. The fourth-order valence-electron chi connectivity index (χ4n) is 3.34. The lowest BCUT2D eigenvalue weighted by molar-refractivity contribution is 0.0829. The van der Waals surface area contributed by atoms with Crippen LogP contribution in [0.15, 0.2) is 0 Å². The molecule has 0 amide bonds. The number of hydrogen-bond donors (Lipinski definition) is 0. The third-order valence-corrected chi connectivity index (χ3v) is 4.85. The Kier molecular flexibility index (Phi) is 4.73. The molecule has 0 bridgehead atoms. The topological polar surface area (TPSA) is 23.8 Å². The molecular weight excluding hydrogens is 214 g/mol. The normalized spacial score (nSPS) is 21.5. The summed E-state index contributed by atoms with van der Waals surface area (Å²) < 4.78 is -0.0570. The Morgan fingerprint density at radius 3 is 2.00 bits per heavy atom. The molecule has 0 spiro atoms. The van der Waals surface area contributed by atoms with Gasteiger partial charge < -0.3 is 0 Å². The molecule has 0 unspecified atom stereocenters. The van der Waals surface area contributed by atoms with Crippen molar-refractivity contribution in [2.75, 3.05) is 0 Å². The average Bonchev–Trinajstić information content (AvgIpc) is 2.14. The van der Waals surface area contributed by atoms with Crippen LogP contribution in [0.3, 0.4) is 0 Å². The second kappa shape index (κ2) is 5.45. The Labute approximate surface area is 105 Å². The molecule has 92 valence electrons. The number of thioether (sulfide) groups is 1. The summed E-state index contributed by atoms with van der Waals surface area (Å²) in [6, 6.07) is 2.58. The number of rotatable bonds is 6. The summed E-state index contributed by atoms with van der Waals surface area (Å²) in [6.07, 6.45) is 7.38. The molecule has 0 aliphatic heterocycles. The van der Waals surface area contributed by atoms with E-state index in [1.807, 2.05) is 11.8 Å². The molecule has 1 fully saturated rings. The van der Waals surface area contributed by atoms with Crippen LogP contribution >= 0.6 is 11.8 Å². The van der Waals surface area contributed by atoms with Gasteiger partial charge in [-0.15, -0.1) is 11.8 Å². The van der Waals surface area contributed by atoms with E-state index in [-0.39, 0.29) is 4.75 Å². The molecule has 1 saturated carbocycles. The van der Waals surface area contributed by atoms with E-state index in [1.165, 1.54) is 25.7 Å². The van der Waals surface area contributed by atoms with Crippen molar-refractivity contribution in [3.63, 3.8) is 0 Å². The molecular formula is C14H25NS. The SMILES string of the molecule is CCCC1(CCC)CC(C#N)(SC(C)C)C1. The van der Waals surface area contributed by atoms with Crippen LogP contribution < -0.4 is 0 Å². The highest BCUT2D eigenvalue weighted by atomic mass is 32.2. The van der Waals surface area contributed by atoms with Gasteiger partial charge in [0.15, 0.2) is 0 Å². The fraction of sp³-hybridized carbons (Fsp3) is 0.929. The molecule has 0 aromatic rings. The van der Waals surface area contributed by atoms with Crippen molar-refractivity contribution < 1.29 is 0 Å². The third-order valence-electron chi connectivity index (χ3n) is 3.55. The van der Waals surface area contributed by atoms with Gasteiger partial charge in [-0.3, -0.25) is 0 Å². The first-order valence-electron chi connectivity index (χ1n) is 6.60. The lowest BCUT2D eigenvalue weighted by Crippen LogP contribution is -2.49. The molecule has 1 aliphatic carbocycles. The molecule has 0 atom stereocenters. The van der Waals surface area contributed by atoms with E-state index in [9.17, 15) is 5.26 Å². The zero-order valence-electron chi connectivity index (χ0n) is 11.2. The van der Waals surface area contributed by atoms with Crippen molar-refractivity contribution in [2.24, 2.45) is 5.41 Å². The number of nitrogens with zero attached hydrogens (tertiary/aromatic N) is 1. The molecule has 0 N–H and O–H groups in total. The van der Waals surface area contributed by atoms with E-state index >= 15 is 0 Å². The maximum absolute atomic E-state index is 9.38. The first-order chi connectivity index (χ1) is 7.51. The zero-order valence-corrected chi connectivity index (χ0v) is 12.0. The van der Waals surface area contributed by atoms with Crippen LogP contribution in [0.25, 0.3) is 0 Å². The van der Waals surface area contributed by atoms with Gasteiger partial charge in [0.25, 0.3) is 0 Å². The van der Waals surface area contributed by atoms with Crippen molar-refractivity contribution in [1.29, 1.82) is 5.26 Å². The fourth-order valence-corrected chi connectivity index (χ4v) is 5.07. The molecule has 1 nitrogen and oxygen atoms in total. The van der Waals surface area contributed by atoms with Crippen LogP contribution in [0.2, 0.25) is 0 Å². The Bertz CT molecular complexity index is 250. The maximum atomic E-state index is 9.38. The van der Waals surface area contributed by atoms with E-state index in [2.05, 4.69) is 33.8 Å². The predicted octanol–water partition coefficient (Wildman–Crippen LogP) is 4.77. The van der Waals surface area contributed by atoms with Crippen molar-refractivity contribution in [1.82, 2.24) is 0 Å². The van der Waals surface area contributed by atoms with Crippen molar-refractivity contribution in [3.05, 3.63) is 0 Å². The van der Waals surface area contributed by atoms with Crippen molar-refractivity contribution >= 4 is 11.8 Å². The number of nitriles is 1. The largest absolute Gasteiger partial charge is 0.197 e. The van der Waals surface area contributed by atoms with Crippen LogP contribution in [0.4, 0.5) is 0 Å². The molecule has 0 heterocycles. The standard InChI is InChI=1S/C14H25NS/c1-5-7-13(8-6-2)9-14(10-13,11-15)16-12(3)4/h12H,5-10H2,1-4H3. The van der Waals surface area contributed by atoms with E-state index in [0.29, 0.717) is 10.7 Å². The van der Waals surface area contributed by atoms with Gasteiger partial charge >= 0.3 is 0 Å². The summed E-state index contributed by atoms with van der Waals surface area (Å²) >= 11 is 1.88. The average molecular weight is 239 g/mol. The summed E-state index contributed by atoms with van der Waals surface area (Å²) in [5, 5.41) is 9.95. The van der Waals surface area contributed by atoms with Crippen LogP contribution in [0.5, 0.6) is 0 Å². The predicted molar refractivity (Wildman–Crippen MR) is 72.6 cm³/mol. The first kappa shape index (κ1) is 13.9. The van der Waals surface area contributed by atoms with E-state index in [1.54, 1.807) is 0 Å². The van der Waals surface area contributed by atoms with E-state index in [0.717, 1.165) is 12.8 Å². The molecule has 0 aromatic carbocycles. The second-order valence-electron chi connectivity index (χ2n) is 5.63. The van der Waals surface area contributed by atoms with Gasteiger partial charge in [-0.2, -0.15) is 5.26 Å². The summed E-state index contributed by atoms with van der Waals surface area (Å²) in [6.45, 7) is 8.92. The Morgan fingerprint density at radius 2 is 1.69 bits per heavy atom. The van der Waals surface area contributed by atoms with Crippen molar-refractivity contribution in [2.45, 2.75) is 76.2 Å².